The zero-order valence-electron chi connectivity index (χ0n) is 12.2. The average molecular weight is 322 g/mol. The van der Waals surface area contributed by atoms with E-state index in [9.17, 15) is 0 Å². The first-order chi connectivity index (χ1) is 10.3. The van der Waals surface area contributed by atoms with E-state index in [1.165, 1.54) is 0 Å². The molecule has 3 aromatic heterocycles. The summed E-state index contributed by atoms with van der Waals surface area (Å²) in [7, 11) is 1.89. The molecule has 0 aliphatic rings. The number of aromatic nitrogens is 4. The number of nitrogens with one attached hydrogen (secondary N) is 1. The van der Waals surface area contributed by atoms with Crippen LogP contribution in [0.3, 0.4) is 0 Å². The second-order valence-electron chi connectivity index (χ2n) is 4.72. The van der Waals surface area contributed by atoms with Crippen molar-refractivity contribution in [1.29, 1.82) is 0 Å². The first kappa shape index (κ1) is 16.1. The van der Waals surface area contributed by atoms with Crippen molar-refractivity contribution < 1.29 is 9.05 Å². The lowest BCUT2D eigenvalue weighted by Crippen LogP contribution is -2.24. The Kier molecular flexibility index (Phi) is 5.24. The number of pyridine rings is 1. The molecule has 0 bridgehead atoms. The average Bonchev–Trinajstić information content (AvgIpc) is 3.17. The molecule has 3 rings (SSSR count). The highest BCUT2D eigenvalue weighted by Gasteiger charge is 2.15. The van der Waals surface area contributed by atoms with Gasteiger partial charge in [0.05, 0.1) is 0 Å². The van der Waals surface area contributed by atoms with Gasteiger partial charge in [-0.2, -0.15) is 4.98 Å². The molecular formula is C14H16ClN5O2. The lowest BCUT2D eigenvalue weighted by atomic mass is 10.2. The van der Waals surface area contributed by atoms with E-state index in [0.717, 1.165) is 5.56 Å². The summed E-state index contributed by atoms with van der Waals surface area (Å²) in [6.07, 6.45) is 4.08. The van der Waals surface area contributed by atoms with Crippen molar-refractivity contribution in [2.75, 3.05) is 7.05 Å². The van der Waals surface area contributed by atoms with Crippen LogP contribution in [-0.2, 0) is 6.42 Å². The Morgan fingerprint density at radius 3 is 2.68 bits per heavy atom. The van der Waals surface area contributed by atoms with Crippen LogP contribution < -0.4 is 5.32 Å². The van der Waals surface area contributed by atoms with Crippen molar-refractivity contribution in [3.05, 3.63) is 36.4 Å². The molecule has 0 spiro atoms. The van der Waals surface area contributed by atoms with Gasteiger partial charge in [-0.25, -0.2) is 0 Å². The third kappa shape index (κ3) is 3.49. The molecule has 3 heterocycles. The quantitative estimate of drug-likeness (QED) is 0.771. The van der Waals surface area contributed by atoms with Crippen LogP contribution in [0.15, 0.2) is 39.6 Å². The van der Waals surface area contributed by atoms with Gasteiger partial charge in [0.1, 0.15) is 0 Å². The van der Waals surface area contributed by atoms with Crippen molar-refractivity contribution >= 4 is 12.4 Å². The van der Waals surface area contributed by atoms with Gasteiger partial charge in [-0.05, 0) is 26.1 Å². The first-order valence-electron chi connectivity index (χ1n) is 6.63. The molecule has 3 aromatic rings. The number of hydrogen-bond acceptors (Lipinski definition) is 7. The van der Waals surface area contributed by atoms with Gasteiger partial charge in [0.15, 0.2) is 17.3 Å². The molecule has 1 N–H and O–H groups in total. The normalized spacial score (nSPS) is 11.9. The molecule has 0 saturated heterocycles. The summed E-state index contributed by atoms with van der Waals surface area (Å²) < 4.78 is 10.5. The highest BCUT2D eigenvalue weighted by molar-refractivity contribution is 5.85. The van der Waals surface area contributed by atoms with Gasteiger partial charge < -0.3 is 14.4 Å². The summed E-state index contributed by atoms with van der Waals surface area (Å²) in [5.41, 5.74) is 1.42. The van der Waals surface area contributed by atoms with E-state index in [1.54, 1.807) is 18.5 Å². The fourth-order valence-electron chi connectivity index (χ4n) is 1.85. The third-order valence-electron chi connectivity index (χ3n) is 3.14. The van der Waals surface area contributed by atoms with Crippen LogP contribution in [-0.4, -0.2) is 33.4 Å². The van der Waals surface area contributed by atoms with E-state index in [2.05, 4.69) is 25.6 Å². The molecule has 22 heavy (non-hydrogen) atoms. The van der Waals surface area contributed by atoms with Gasteiger partial charge in [-0.3, -0.25) is 4.98 Å². The maximum absolute atomic E-state index is 5.30. The van der Waals surface area contributed by atoms with Crippen LogP contribution >= 0.6 is 12.4 Å². The van der Waals surface area contributed by atoms with Gasteiger partial charge >= 0.3 is 0 Å². The van der Waals surface area contributed by atoms with Crippen molar-refractivity contribution in [2.45, 2.75) is 19.4 Å². The van der Waals surface area contributed by atoms with Crippen LogP contribution in [0.4, 0.5) is 0 Å². The summed E-state index contributed by atoms with van der Waals surface area (Å²) in [6.45, 7) is 2.05. The summed E-state index contributed by atoms with van der Waals surface area (Å²) in [5, 5.41) is 11.0. The van der Waals surface area contributed by atoms with Crippen LogP contribution in [0.1, 0.15) is 12.7 Å². The Hall–Kier alpha value is -2.25. The first-order valence-corrected chi connectivity index (χ1v) is 6.63. The minimum Gasteiger partial charge on any atom is -0.355 e. The van der Waals surface area contributed by atoms with Crippen molar-refractivity contribution in [3.8, 4) is 22.9 Å². The molecule has 116 valence electrons. The standard InChI is InChI=1S/C14H15N5O2.ClH/c1-9(15-2)7-13-17-14(21-19-13)11-8-12(20-18-11)10-3-5-16-6-4-10;/h3-6,8-9,15H,7H2,1-2H3;1H. The van der Waals surface area contributed by atoms with Crippen LogP contribution in [0.5, 0.6) is 0 Å². The van der Waals surface area contributed by atoms with Gasteiger partial charge in [-0.15, -0.1) is 12.4 Å². The molecule has 0 aliphatic heterocycles. The van der Waals surface area contributed by atoms with Crippen molar-refractivity contribution in [2.24, 2.45) is 0 Å². The molecule has 0 aromatic carbocycles. The summed E-state index contributed by atoms with van der Waals surface area (Å²) in [5.74, 6) is 1.63. The number of halogens is 1. The topological polar surface area (TPSA) is 89.9 Å². The van der Waals surface area contributed by atoms with Gasteiger partial charge in [0, 0.05) is 36.5 Å². The molecule has 1 atom stereocenters. The molecule has 7 nitrogen and oxygen atoms in total. The summed E-state index contributed by atoms with van der Waals surface area (Å²) in [4.78, 5) is 8.29. The van der Waals surface area contributed by atoms with E-state index in [-0.39, 0.29) is 18.4 Å². The number of hydrogen-bond donors (Lipinski definition) is 1. The molecular weight excluding hydrogens is 306 g/mol. The Morgan fingerprint density at radius 1 is 1.18 bits per heavy atom. The van der Waals surface area contributed by atoms with Crippen LogP contribution in [0.25, 0.3) is 22.9 Å². The zero-order chi connectivity index (χ0) is 14.7. The van der Waals surface area contributed by atoms with Gasteiger partial charge in [-0.1, -0.05) is 10.3 Å². The maximum Gasteiger partial charge on any atom is 0.280 e. The highest BCUT2D eigenvalue weighted by atomic mass is 35.5. The van der Waals surface area contributed by atoms with E-state index in [1.807, 2.05) is 26.1 Å². The van der Waals surface area contributed by atoms with E-state index in [4.69, 9.17) is 9.05 Å². The fourth-order valence-corrected chi connectivity index (χ4v) is 1.85. The van der Waals surface area contributed by atoms with Gasteiger partial charge in [0.25, 0.3) is 5.89 Å². The predicted molar refractivity (Wildman–Crippen MR) is 82.5 cm³/mol. The Morgan fingerprint density at radius 2 is 1.95 bits per heavy atom. The highest BCUT2D eigenvalue weighted by Crippen LogP contribution is 2.24. The largest absolute Gasteiger partial charge is 0.355 e. The van der Waals surface area contributed by atoms with E-state index < -0.39 is 0 Å². The second-order valence-corrected chi connectivity index (χ2v) is 4.72. The van der Waals surface area contributed by atoms with Gasteiger partial charge in [0.2, 0.25) is 0 Å². The second kappa shape index (κ2) is 7.15. The van der Waals surface area contributed by atoms with Crippen LogP contribution in [0.2, 0.25) is 0 Å². The number of nitrogens with zero attached hydrogens (tertiary/aromatic N) is 4. The molecule has 8 heteroatoms. The molecule has 0 radical (unpaired) electrons. The Balaban J connectivity index is 0.00000176. The smallest absolute Gasteiger partial charge is 0.280 e. The number of rotatable bonds is 5. The SMILES string of the molecule is CNC(C)Cc1noc(-c2cc(-c3ccncc3)on2)n1.Cl. The Bertz CT molecular complexity index is 713. The lowest BCUT2D eigenvalue weighted by molar-refractivity contribution is 0.404. The van der Waals surface area contributed by atoms with Crippen molar-refractivity contribution in [1.82, 2.24) is 25.6 Å². The molecule has 0 fully saturated rings. The molecule has 1 unspecified atom stereocenters. The minimum atomic E-state index is 0. The summed E-state index contributed by atoms with van der Waals surface area (Å²) in [6, 6.07) is 5.74. The minimum absolute atomic E-state index is 0. The zero-order valence-corrected chi connectivity index (χ0v) is 13.0. The third-order valence-corrected chi connectivity index (χ3v) is 3.14. The van der Waals surface area contributed by atoms with Crippen LogP contribution in [0, 0.1) is 0 Å². The predicted octanol–water partition coefficient (Wildman–Crippen LogP) is 2.36. The summed E-state index contributed by atoms with van der Waals surface area (Å²) >= 11 is 0. The Labute approximate surface area is 133 Å². The van der Waals surface area contributed by atoms with Crippen molar-refractivity contribution in [3.63, 3.8) is 0 Å². The maximum atomic E-state index is 5.30. The number of likely N-dealkylation sites (N-methyl/N-ethyl adjacent to an activating group) is 1. The fraction of sp³-hybridized carbons (Fsp3) is 0.286. The molecule has 0 aliphatic carbocycles. The van der Waals surface area contributed by atoms with E-state index >= 15 is 0 Å². The molecule has 0 amide bonds. The van der Waals surface area contributed by atoms with E-state index in [0.29, 0.717) is 29.6 Å². The monoisotopic (exact) mass is 321 g/mol. The molecule has 0 saturated carbocycles. The lowest BCUT2D eigenvalue weighted by Gasteiger charge is -2.04.